The van der Waals surface area contributed by atoms with Crippen LogP contribution in [0, 0.1) is 6.92 Å². The summed E-state index contributed by atoms with van der Waals surface area (Å²) in [4.78, 5) is 15.1. The van der Waals surface area contributed by atoms with Crippen LogP contribution in [-0.2, 0) is 0 Å². The number of nitrogens with zero attached hydrogens (tertiary/aromatic N) is 1. The van der Waals surface area contributed by atoms with Crippen LogP contribution in [0.3, 0.4) is 0 Å². The van der Waals surface area contributed by atoms with E-state index < -0.39 is 5.97 Å². The van der Waals surface area contributed by atoms with E-state index in [2.05, 4.69) is 10.3 Å². The summed E-state index contributed by atoms with van der Waals surface area (Å²) < 4.78 is 0. The standard InChI is InChI=1S/C13H10Cl2N2O2/c1-7-5-11(8(6-16-7)13(18)19)17-12-9(14)3-2-4-10(12)15/h2-6H,1H3,(H,16,17)(H,18,19). The second-order valence-electron chi connectivity index (χ2n) is 3.90. The van der Waals surface area contributed by atoms with E-state index in [-0.39, 0.29) is 5.56 Å². The van der Waals surface area contributed by atoms with Crippen molar-refractivity contribution in [3.63, 3.8) is 0 Å². The summed E-state index contributed by atoms with van der Waals surface area (Å²) in [6.45, 7) is 1.77. The first-order valence-corrected chi connectivity index (χ1v) is 6.15. The van der Waals surface area contributed by atoms with Gasteiger partial charge >= 0.3 is 5.97 Å². The predicted molar refractivity (Wildman–Crippen MR) is 75.7 cm³/mol. The molecule has 4 nitrogen and oxygen atoms in total. The Morgan fingerprint density at radius 3 is 2.53 bits per heavy atom. The number of carboxylic acid groups (broad SMARTS) is 1. The van der Waals surface area contributed by atoms with Crippen molar-refractivity contribution in [1.29, 1.82) is 0 Å². The molecule has 2 rings (SSSR count). The van der Waals surface area contributed by atoms with Gasteiger partial charge in [-0.05, 0) is 25.1 Å². The minimum Gasteiger partial charge on any atom is -0.478 e. The molecule has 0 spiro atoms. The van der Waals surface area contributed by atoms with Crippen molar-refractivity contribution >= 4 is 40.5 Å². The second kappa shape index (κ2) is 5.47. The van der Waals surface area contributed by atoms with Crippen molar-refractivity contribution in [2.75, 3.05) is 5.32 Å². The van der Waals surface area contributed by atoms with Gasteiger partial charge in [-0.1, -0.05) is 29.3 Å². The smallest absolute Gasteiger partial charge is 0.339 e. The molecule has 0 radical (unpaired) electrons. The third-order valence-electron chi connectivity index (χ3n) is 2.49. The van der Waals surface area contributed by atoms with Crippen molar-refractivity contribution in [2.45, 2.75) is 6.92 Å². The molecule has 2 aromatic rings. The number of pyridine rings is 1. The molecule has 1 aromatic heterocycles. The summed E-state index contributed by atoms with van der Waals surface area (Å²) in [5.74, 6) is -1.07. The van der Waals surface area contributed by atoms with Gasteiger partial charge in [0.05, 0.1) is 21.4 Å². The van der Waals surface area contributed by atoms with E-state index in [0.29, 0.717) is 27.1 Å². The van der Waals surface area contributed by atoms with Gasteiger partial charge in [-0.3, -0.25) is 4.98 Å². The third-order valence-corrected chi connectivity index (χ3v) is 3.12. The third kappa shape index (κ3) is 2.97. The molecule has 0 amide bonds. The highest BCUT2D eigenvalue weighted by molar-refractivity contribution is 6.39. The molecule has 0 fully saturated rings. The molecular formula is C13H10Cl2N2O2. The number of rotatable bonds is 3. The highest BCUT2D eigenvalue weighted by atomic mass is 35.5. The minimum absolute atomic E-state index is 0.0570. The van der Waals surface area contributed by atoms with Crippen molar-refractivity contribution in [1.82, 2.24) is 4.98 Å². The number of carbonyl (C=O) groups is 1. The summed E-state index contributed by atoms with van der Waals surface area (Å²) >= 11 is 12.1. The molecule has 19 heavy (non-hydrogen) atoms. The number of hydrogen-bond donors (Lipinski definition) is 2. The first-order valence-electron chi connectivity index (χ1n) is 5.40. The number of para-hydroxylation sites is 1. The molecule has 0 aliphatic heterocycles. The molecule has 0 saturated heterocycles. The van der Waals surface area contributed by atoms with Gasteiger partial charge in [-0.2, -0.15) is 0 Å². The molecule has 0 aliphatic rings. The topological polar surface area (TPSA) is 62.2 Å². The number of anilines is 2. The van der Waals surface area contributed by atoms with Crippen LogP contribution in [0.1, 0.15) is 16.1 Å². The van der Waals surface area contributed by atoms with E-state index in [1.165, 1.54) is 6.20 Å². The first-order chi connectivity index (χ1) is 8.99. The molecular weight excluding hydrogens is 287 g/mol. The lowest BCUT2D eigenvalue weighted by Gasteiger charge is -2.12. The first kappa shape index (κ1) is 13.6. The molecule has 0 unspecified atom stereocenters. The molecule has 98 valence electrons. The summed E-state index contributed by atoms with van der Waals surface area (Å²) in [6.07, 6.45) is 1.30. The van der Waals surface area contributed by atoms with E-state index in [1.807, 2.05) is 0 Å². The SMILES string of the molecule is Cc1cc(Nc2c(Cl)cccc2Cl)c(C(=O)O)cn1. The monoisotopic (exact) mass is 296 g/mol. The zero-order valence-corrected chi connectivity index (χ0v) is 11.5. The van der Waals surface area contributed by atoms with Crippen LogP contribution in [0.15, 0.2) is 30.5 Å². The molecule has 0 aliphatic carbocycles. The van der Waals surface area contributed by atoms with E-state index in [0.717, 1.165) is 0 Å². The summed E-state index contributed by atoms with van der Waals surface area (Å²) in [5, 5.41) is 12.9. The molecule has 0 saturated carbocycles. The largest absolute Gasteiger partial charge is 0.478 e. The van der Waals surface area contributed by atoms with E-state index in [9.17, 15) is 4.79 Å². The lowest BCUT2D eigenvalue weighted by atomic mass is 10.2. The molecule has 0 atom stereocenters. The Morgan fingerprint density at radius 1 is 1.32 bits per heavy atom. The van der Waals surface area contributed by atoms with Gasteiger partial charge in [0.15, 0.2) is 0 Å². The summed E-state index contributed by atoms with van der Waals surface area (Å²) in [5.41, 5.74) is 1.62. The number of nitrogens with one attached hydrogen (secondary N) is 1. The Morgan fingerprint density at radius 2 is 1.95 bits per heavy atom. The van der Waals surface area contributed by atoms with E-state index in [1.54, 1.807) is 31.2 Å². The number of carboxylic acids is 1. The fourth-order valence-electron chi connectivity index (χ4n) is 1.59. The fraction of sp³-hybridized carbons (Fsp3) is 0.0769. The van der Waals surface area contributed by atoms with Gasteiger partial charge in [0.1, 0.15) is 5.56 Å². The molecule has 1 aromatic carbocycles. The number of aryl methyl sites for hydroxylation is 1. The van der Waals surface area contributed by atoms with Crippen LogP contribution < -0.4 is 5.32 Å². The van der Waals surface area contributed by atoms with Crippen molar-refractivity contribution in [2.24, 2.45) is 0 Å². The highest BCUT2D eigenvalue weighted by Crippen LogP contribution is 2.33. The maximum atomic E-state index is 11.1. The molecule has 0 bridgehead atoms. The van der Waals surface area contributed by atoms with Crippen molar-refractivity contribution in [3.05, 3.63) is 51.8 Å². The van der Waals surface area contributed by atoms with Gasteiger partial charge < -0.3 is 10.4 Å². The summed E-state index contributed by atoms with van der Waals surface area (Å²) in [6, 6.07) is 6.68. The molecule has 6 heteroatoms. The van der Waals surface area contributed by atoms with Crippen molar-refractivity contribution < 1.29 is 9.90 Å². The number of halogens is 2. The van der Waals surface area contributed by atoms with Gasteiger partial charge in [-0.15, -0.1) is 0 Å². The summed E-state index contributed by atoms with van der Waals surface area (Å²) in [7, 11) is 0. The lowest BCUT2D eigenvalue weighted by molar-refractivity contribution is 0.0697. The van der Waals surface area contributed by atoms with Crippen LogP contribution in [0.25, 0.3) is 0 Å². The number of aromatic carboxylic acids is 1. The number of benzene rings is 1. The van der Waals surface area contributed by atoms with E-state index in [4.69, 9.17) is 28.3 Å². The quantitative estimate of drug-likeness (QED) is 0.893. The van der Waals surface area contributed by atoms with Gasteiger partial charge in [0, 0.05) is 11.9 Å². The highest BCUT2D eigenvalue weighted by Gasteiger charge is 2.13. The van der Waals surface area contributed by atoms with Crippen LogP contribution >= 0.6 is 23.2 Å². The normalized spacial score (nSPS) is 10.3. The lowest BCUT2D eigenvalue weighted by Crippen LogP contribution is -2.05. The van der Waals surface area contributed by atoms with Gasteiger partial charge in [-0.25, -0.2) is 4.79 Å². The Kier molecular flexibility index (Phi) is 3.93. The van der Waals surface area contributed by atoms with Crippen LogP contribution in [0.2, 0.25) is 10.0 Å². The van der Waals surface area contributed by atoms with Gasteiger partial charge in [0.25, 0.3) is 0 Å². The predicted octanol–water partition coefficient (Wildman–Crippen LogP) is 4.14. The van der Waals surface area contributed by atoms with Crippen LogP contribution in [0.5, 0.6) is 0 Å². The van der Waals surface area contributed by atoms with Gasteiger partial charge in [0.2, 0.25) is 0 Å². The number of aromatic nitrogens is 1. The molecule has 1 heterocycles. The Balaban J connectivity index is 2.49. The van der Waals surface area contributed by atoms with Crippen LogP contribution in [-0.4, -0.2) is 16.1 Å². The number of hydrogen-bond acceptors (Lipinski definition) is 3. The Bertz CT molecular complexity index is 624. The van der Waals surface area contributed by atoms with Crippen LogP contribution in [0.4, 0.5) is 11.4 Å². The zero-order chi connectivity index (χ0) is 14.0. The Labute approximate surface area is 120 Å². The fourth-order valence-corrected chi connectivity index (χ4v) is 2.08. The molecule has 2 N–H and O–H groups in total. The Hall–Kier alpha value is -1.78. The maximum absolute atomic E-state index is 11.1. The second-order valence-corrected chi connectivity index (χ2v) is 4.71. The minimum atomic E-state index is -1.07. The van der Waals surface area contributed by atoms with E-state index >= 15 is 0 Å². The maximum Gasteiger partial charge on any atom is 0.339 e. The zero-order valence-electron chi connectivity index (χ0n) is 9.95. The average molecular weight is 297 g/mol. The average Bonchev–Trinajstić information content (AvgIpc) is 2.33. The van der Waals surface area contributed by atoms with Crippen molar-refractivity contribution in [3.8, 4) is 0 Å².